The van der Waals surface area contributed by atoms with E-state index >= 15 is 0 Å². The zero-order valence-electron chi connectivity index (χ0n) is 9.44. The second-order valence-electron chi connectivity index (χ2n) is 4.23. The summed E-state index contributed by atoms with van der Waals surface area (Å²) in [7, 11) is 3.74. The largest absolute Gasteiger partial charge is 0.381 e. The minimum atomic E-state index is 0.450. The molecule has 1 aromatic heterocycles. The molecule has 84 valence electrons. The van der Waals surface area contributed by atoms with Gasteiger partial charge in [0.1, 0.15) is 0 Å². The summed E-state index contributed by atoms with van der Waals surface area (Å²) in [6, 6.07) is 2.65. The molecule has 2 unspecified atom stereocenters. The summed E-state index contributed by atoms with van der Waals surface area (Å²) in [5.74, 6) is 0. The number of hydrogen-bond donors (Lipinski definition) is 1. The molecule has 2 rings (SSSR count). The van der Waals surface area contributed by atoms with Gasteiger partial charge in [-0.25, -0.2) is 0 Å². The van der Waals surface area contributed by atoms with Crippen molar-refractivity contribution in [2.75, 3.05) is 7.11 Å². The number of ether oxygens (including phenoxy) is 1. The third kappa shape index (κ3) is 2.79. The van der Waals surface area contributed by atoms with Crippen molar-refractivity contribution in [3.8, 4) is 0 Å². The molecule has 1 saturated carbocycles. The maximum atomic E-state index is 5.34. The van der Waals surface area contributed by atoms with Crippen molar-refractivity contribution in [1.29, 1.82) is 0 Å². The van der Waals surface area contributed by atoms with Gasteiger partial charge < -0.3 is 10.1 Å². The Labute approximate surface area is 90.6 Å². The normalized spacial score (nSPS) is 26.0. The first kappa shape index (κ1) is 10.6. The Kier molecular flexibility index (Phi) is 3.38. The van der Waals surface area contributed by atoms with Crippen LogP contribution in [0.25, 0.3) is 0 Å². The lowest BCUT2D eigenvalue weighted by Gasteiger charge is -2.11. The number of aryl methyl sites for hydroxylation is 1. The second kappa shape index (κ2) is 4.77. The molecule has 1 aliphatic carbocycles. The van der Waals surface area contributed by atoms with E-state index in [9.17, 15) is 0 Å². The van der Waals surface area contributed by atoms with Gasteiger partial charge in [0.15, 0.2) is 0 Å². The molecule has 2 atom stereocenters. The average molecular weight is 209 g/mol. The van der Waals surface area contributed by atoms with E-state index in [1.54, 1.807) is 7.11 Å². The Morgan fingerprint density at radius 2 is 2.47 bits per heavy atom. The number of rotatable bonds is 4. The van der Waals surface area contributed by atoms with Crippen LogP contribution in [0.4, 0.5) is 0 Å². The molecule has 1 N–H and O–H groups in total. The maximum absolute atomic E-state index is 5.34. The molecular weight excluding hydrogens is 190 g/mol. The van der Waals surface area contributed by atoms with Crippen molar-refractivity contribution in [3.63, 3.8) is 0 Å². The van der Waals surface area contributed by atoms with Crippen molar-refractivity contribution in [3.05, 3.63) is 18.0 Å². The number of methoxy groups -OCH3 is 1. The fourth-order valence-corrected chi connectivity index (χ4v) is 2.15. The third-order valence-corrected chi connectivity index (χ3v) is 3.06. The smallest absolute Gasteiger partial charge is 0.0762 e. The van der Waals surface area contributed by atoms with Crippen molar-refractivity contribution in [2.24, 2.45) is 7.05 Å². The summed E-state index contributed by atoms with van der Waals surface area (Å²) >= 11 is 0. The molecule has 0 aromatic carbocycles. The number of nitrogens with one attached hydrogen (secondary N) is 1. The fraction of sp³-hybridized carbons (Fsp3) is 0.727. The molecule has 0 saturated heterocycles. The first-order valence-corrected chi connectivity index (χ1v) is 5.52. The van der Waals surface area contributed by atoms with Crippen LogP contribution in [0, 0.1) is 0 Å². The highest BCUT2D eigenvalue weighted by Gasteiger charge is 2.23. The van der Waals surface area contributed by atoms with Crippen LogP contribution < -0.4 is 5.32 Å². The SMILES string of the molecule is COC1CCC(NCc2ccn(C)n2)C1. The first-order valence-electron chi connectivity index (χ1n) is 5.52. The summed E-state index contributed by atoms with van der Waals surface area (Å²) in [6.45, 7) is 0.863. The zero-order chi connectivity index (χ0) is 10.7. The lowest BCUT2D eigenvalue weighted by Crippen LogP contribution is -2.26. The van der Waals surface area contributed by atoms with E-state index in [0.29, 0.717) is 12.1 Å². The van der Waals surface area contributed by atoms with Gasteiger partial charge in [0.05, 0.1) is 11.8 Å². The van der Waals surface area contributed by atoms with Gasteiger partial charge in [0.25, 0.3) is 0 Å². The van der Waals surface area contributed by atoms with Gasteiger partial charge in [-0.1, -0.05) is 0 Å². The van der Waals surface area contributed by atoms with Crippen LogP contribution in [0.3, 0.4) is 0 Å². The number of aromatic nitrogens is 2. The van der Waals surface area contributed by atoms with E-state index in [1.807, 2.05) is 17.9 Å². The zero-order valence-corrected chi connectivity index (χ0v) is 9.44. The minimum Gasteiger partial charge on any atom is -0.381 e. The Morgan fingerprint density at radius 1 is 1.60 bits per heavy atom. The van der Waals surface area contributed by atoms with Crippen LogP contribution in [0.5, 0.6) is 0 Å². The summed E-state index contributed by atoms with van der Waals surface area (Å²) < 4.78 is 7.17. The van der Waals surface area contributed by atoms with E-state index in [4.69, 9.17) is 4.74 Å². The van der Waals surface area contributed by atoms with Crippen LogP contribution >= 0.6 is 0 Å². The maximum Gasteiger partial charge on any atom is 0.0762 e. The van der Waals surface area contributed by atoms with Crippen LogP contribution in [-0.2, 0) is 18.3 Å². The average Bonchev–Trinajstić information content (AvgIpc) is 2.83. The molecule has 15 heavy (non-hydrogen) atoms. The molecule has 4 nitrogen and oxygen atoms in total. The molecule has 0 amide bonds. The monoisotopic (exact) mass is 209 g/mol. The van der Waals surface area contributed by atoms with E-state index in [-0.39, 0.29) is 0 Å². The van der Waals surface area contributed by atoms with Crippen LogP contribution in [0.15, 0.2) is 12.3 Å². The molecule has 1 aliphatic rings. The van der Waals surface area contributed by atoms with Gasteiger partial charge in [-0.15, -0.1) is 0 Å². The highest BCUT2D eigenvalue weighted by atomic mass is 16.5. The van der Waals surface area contributed by atoms with Gasteiger partial charge >= 0.3 is 0 Å². The lowest BCUT2D eigenvalue weighted by molar-refractivity contribution is 0.107. The Hall–Kier alpha value is -0.870. The van der Waals surface area contributed by atoms with Gasteiger partial charge in [-0.2, -0.15) is 5.10 Å². The topological polar surface area (TPSA) is 39.1 Å². The Morgan fingerprint density at radius 3 is 3.07 bits per heavy atom. The van der Waals surface area contributed by atoms with Gasteiger partial charge in [0, 0.05) is 32.9 Å². The van der Waals surface area contributed by atoms with Crippen molar-refractivity contribution in [2.45, 2.75) is 38.0 Å². The Bertz CT molecular complexity index is 311. The second-order valence-corrected chi connectivity index (χ2v) is 4.23. The standard InChI is InChI=1S/C11H19N3O/c1-14-6-5-10(13-14)8-12-9-3-4-11(7-9)15-2/h5-6,9,11-12H,3-4,7-8H2,1-2H3. The first-order chi connectivity index (χ1) is 7.28. The molecule has 0 spiro atoms. The van der Waals surface area contributed by atoms with Gasteiger partial charge in [-0.3, -0.25) is 4.68 Å². The summed E-state index contributed by atoms with van der Waals surface area (Å²) in [4.78, 5) is 0. The summed E-state index contributed by atoms with van der Waals surface area (Å²) in [5.41, 5.74) is 1.11. The van der Waals surface area contributed by atoms with E-state index in [0.717, 1.165) is 18.7 Å². The quantitative estimate of drug-likeness (QED) is 0.806. The lowest BCUT2D eigenvalue weighted by atomic mass is 10.2. The fourth-order valence-electron chi connectivity index (χ4n) is 2.15. The van der Waals surface area contributed by atoms with Gasteiger partial charge in [0.2, 0.25) is 0 Å². The molecule has 0 radical (unpaired) electrons. The number of nitrogens with zero attached hydrogens (tertiary/aromatic N) is 2. The highest BCUT2D eigenvalue weighted by Crippen LogP contribution is 2.21. The van der Waals surface area contributed by atoms with Crippen molar-refractivity contribution in [1.82, 2.24) is 15.1 Å². The number of hydrogen-bond acceptors (Lipinski definition) is 3. The van der Waals surface area contributed by atoms with E-state index in [2.05, 4.69) is 16.5 Å². The summed E-state index contributed by atoms with van der Waals surface area (Å²) in [5, 5.41) is 7.85. The Balaban J connectivity index is 1.75. The molecule has 0 bridgehead atoms. The van der Waals surface area contributed by atoms with E-state index in [1.165, 1.54) is 12.8 Å². The van der Waals surface area contributed by atoms with Crippen LogP contribution in [0.1, 0.15) is 25.0 Å². The van der Waals surface area contributed by atoms with E-state index < -0.39 is 0 Å². The predicted octanol–water partition coefficient (Wildman–Crippen LogP) is 1.08. The third-order valence-electron chi connectivity index (χ3n) is 3.06. The van der Waals surface area contributed by atoms with Crippen molar-refractivity contribution < 1.29 is 4.74 Å². The molecular formula is C11H19N3O. The summed E-state index contributed by atoms with van der Waals surface area (Å²) in [6.07, 6.45) is 5.94. The van der Waals surface area contributed by atoms with Crippen LogP contribution in [-0.4, -0.2) is 29.0 Å². The van der Waals surface area contributed by atoms with Gasteiger partial charge in [-0.05, 0) is 25.3 Å². The molecule has 4 heteroatoms. The molecule has 0 aliphatic heterocycles. The molecule has 1 aromatic rings. The highest BCUT2D eigenvalue weighted by molar-refractivity contribution is 4.98. The minimum absolute atomic E-state index is 0.450. The van der Waals surface area contributed by atoms with Crippen LogP contribution in [0.2, 0.25) is 0 Å². The molecule has 1 fully saturated rings. The predicted molar refractivity (Wildman–Crippen MR) is 58.5 cm³/mol. The molecule has 1 heterocycles. The van der Waals surface area contributed by atoms with Crippen molar-refractivity contribution >= 4 is 0 Å².